The van der Waals surface area contributed by atoms with Crippen LogP contribution in [0.15, 0.2) is 24.3 Å². The molecule has 1 heterocycles. The smallest absolute Gasteiger partial charge is 0.299 e. The molecule has 1 saturated heterocycles. The second-order valence-electron chi connectivity index (χ2n) is 5.05. The van der Waals surface area contributed by atoms with Crippen molar-refractivity contribution < 1.29 is 18.0 Å². The Bertz CT molecular complexity index is 470. The fourth-order valence-electron chi connectivity index (χ4n) is 2.34. The highest BCUT2D eigenvalue weighted by Gasteiger charge is 2.30. The molecular weight excluding hydrogens is 255 g/mol. The molecule has 0 aromatic heterocycles. The number of nitrogens with zero attached hydrogens (tertiary/aromatic N) is 1. The Balaban J connectivity index is 2.05. The van der Waals surface area contributed by atoms with E-state index in [1.54, 1.807) is 6.07 Å². The van der Waals surface area contributed by atoms with Crippen molar-refractivity contribution in [1.29, 1.82) is 0 Å². The molecule has 0 spiro atoms. The number of likely N-dealkylation sites (tertiary alicyclic amines) is 1. The molecule has 2 nitrogen and oxygen atoms in total. The highest BCUT2D eigenvalue weighted by molar-refractivity contribution is 5.81. The maximum atomic E-state index is 12.6. The summed E-state index contributed by atoms with van der Waals surface area (Å²) >= 11 is 0. The summed E-state index contributed by atoms with van der Waals surface area (Å²) in [6.45, 7) is 3.57. The number of alkyl halides is 3. The minimum Gasteiger partial charge on any atom is -0.299 e. The van der Waals surface area contributed by atoms with Gasteiger partial charge in [-0.15, -0.1) is 0 Å². The van der Waals surface area contributed by atoms with Gasteiger partial charge in [0.25, 0.3) is 0 Å². The lowest BCUT2D eigenvalue weighted by Gasteiger charge is -2.30. The van der Waals surface area contributed by atoms with Gasteiger partial charge in [-0.1, -0.05) is 25.1 Å². The summed E-state index contributed by atoms with van der Waals surface area (Å²) in [5.41, 5.74) is 0.0162. The number of rotatable bonds is 2. The Morgan fingerprint density at radius 1 is 1.37 bits per heavy atom. The third kappa shape index (κ3) is 3.56. The van der Waals surface area contributed by atoms with Gasteiger partial charge in [-0.05, 0) is 11.6 Å². The Morgan fingerprint density at radius 2 is 2.11 bits per heavy atom. The molecule has 0 aliphatic carbocycles. The molecule has 1 unspecified atom stereocenters. The van der Waals surface area contributed by atoms with Gasteiger partial charge < -0.3 is 0 Å². The van der Waals surface area contributed by atoms with Gasteiger partial charge in [-0.3, -0.25) is 9.69 Å². The molecule has 0 saturated carbocycles. The van der Waals surface area contributed by atoms with Crippen LogP contribution in [0.1, 0.15) is 24.5 Å². The quantitative estimate of drug-likeness (QED) is 0.823. The zero-order valence-corrected chi connectivity index (χ0v) is 10.7. The molecule has 5 heteroatoms. The first-order valence-corrected chi connectivity index (χ1v) is 6.27. The van der Waals surface area contributed by atoms with Crippen LogP contribution in [0.25, 0.3) is 0 Å². The van der Waals surface area contributed by atoms with Crippen LogP contribution in [0.4, 0.5) is 13.2 Å². The first kappa shape index (κ1) is 14.1. The minimum atomic E-state index is -4.30. The molecule has 1 atom stereocenters. The van der Waals surface area contributed by atoms with Crippen LogP contribution in [-0.2, 0) is 17.5 Å². The lowest BCUT2D eigenvalue weighted by atomic mass is 9.98. The Labute approximate surface area is 110 Å². The number of piperidine rings is 1. The van der Waals surface area contributed by atoms with E-state index in [0.717, 1.165) is 6.07 Å². The highest BCUT2D eigenvalue weighted by Crippen LogP contribution is 2.30. The molecule has 1 aliphatic rings. The van der Waals surface area contributed by atoms with E-state index in [1.165, 1.54) is 12.1 Å². The predicted molar refractivity (Wildman–Crippen MR) is 65.5 cm³/mol. The molecule has 1 aromatic rings. The van der Waals surface area contributed by atoms with Crippen molar-refractivity contribution >= 4 is 5.78 Å². The normalized spacial score (nSPS) is 21.7. The summed E-state index contributed by atoms with van der Waals surface area (Å²) in [5.74, 6) is 0.208. The number of carbonyl (C=O) groups excluding carboxylic acids is 1. The number of hydrogen-bond acceptors (Lipinski definition) is 2. The maximum Gasteiger partial charge on any atom is 0.416 e. The van der Waals surface area contributed by atoms with E-state index >= 15 is 0 Å². The fraction of sp³-hybridized carbons (Fsp3) is 0.500. The van der Waals surface area contributed by atoms with E-state index in [-0.39, 0.29) is 11.7 Å². The molecule has 0 N–H and O–H groups in total. The van der Waals surface area contributed by atoms with Crippen LogP contribution in [0, 0.1) is 5.92 Å². The van der Waals surface area contributed by atoms with E-state index in [9.17, 15) is 18.0 Å². The summed E-state index contributed by atoms with van der Waals surface area (Å²) in [7, 11) is 0. The van der Waals surface area contributed by atoms with Crippen LogP contribution in [0.3, 0.4) is 0 Å². The molecular formula is C14H16F3NO. The van der Waals surface area contributed by atoms with Crippen molar-refractivity contribution in [3.8, 4) is 0 Å². The SMILES string of the molecule is CC1CN(Cc2cccc(C(F)(F)F)c2)CCC1=O. The molecule has 1 fully saturated rings. The summed E-state index contributed by atoms with van der Waals surface area (Å²) in [5, 5.41) is 0. The zero-order valence-electron chi connectivity index (χ0n) is 10.7. The number of carbonyl (C=O) groups is 1. The first-order valence-electron chi connectivity index (χ1n) is 6.27. The van der Waals surface area contributed by atoms with Crippen molar-refractivity contribution in [2.75, 3.05) is 13.1 Å². The van der Waals surface area contributed by atoms with E-state index in [4.69, 9.17) is 0 Å². The standard InChI is InChI=1S/C14H16F3NO/c1-10-8-18(6-5-13(10)19)9-11-3-2-4-12(7-11)14(15,16)17/h2-4,7,10H,5-6,8-9H2,1H3. The molecule has 1 aliphatic heterocycles. The highest BCUT2D eigenvalue weighted by atomic mass is 19.4. The lowest BCUT2D eigenvalue weighted by molar-refractivity contribution is -0.137. The van der Waals surface area contributed by atoms with Crippen molar-refractivity contribution in [1.82, 2.24) is 4.90 Å². The van der Waals surface area contributed by atoms with Gasteiger partial charge in [0, 0.05) is 32.0 Å². The second kappa shape index (κ2) is 5.33. The predicted octanol–water partition coefficient (Wildman–Crippen LogP) is 3.12. The Morgan fingerprint density at radius 3 is 2.74 bits per heavy atom. The summed E-state index contributed by atoms with van der Waals surface area (Å²) in [4.78, 5) is 13.4. The molecule has 2 rings (SSSR count). The molecule has 19 heavy (non-hydrogen) atoms. The van der Waals surface area contributed by atoms with Gasteiger partial charge in [0.1, 0.15) is 5.78 Å². The van der Waals surface area contributed by atoms with E-state index < -0.39 is 11.7 Å². The van der Waals surface area contributed by atoms with Gasteiger partial charge in [0.15, 0.2) is 0 Å². The number of ketones is 1. The molecule has 0 bridgehead atoms. The number of hydrogen-bond donors (Lipinski definition) is 0. The molecule has 0 amide bonds. The van der Waals surface area contributed by atoms with Crippen LogP contribution in [-0.4, -0.2) is 23.8 Å². The van der Waals surface area contributed by atoms with Crippen LogP contribution in [0.5, 0.6) is 0 Å². The topological polar surface area (TPSA) is 20.3 Å². The van der Waals surface area contributed by atoms with Gasteiger partial charge in [0.05, 0.1) is 5.56 Å². The first-order chi connectivity index (χ1) is 8.86. The summed E-state index contributed by atoms with van der Waals surface area (Å²) in [6.07, 6.45) is -3.82. The van der Waals surface area contributed by atoms with Gasteiger partial charge in [-0.2, -0.15) is 13.2 Å². The number of Topliss-reactive ketones (excluding diaryl/α,β-unsaturated/α-hetero) is 1. The fourth-order valence-corrected chi connectivity index (χ4v) is 2.34. The van der Waals surface area contributed by atoms with Crippen molar-refractivity contribution in [3.63, 3.8) is 0 Å². The largest absolute Gasteiger partial charge is 0.416 e. The minimum absolute atomic E-state index is 0.0282. The number of halogens is 3. The average Bonchev–Trinajstić information content (AvgIpc) is 2.33. The Hall–Kier alpha value is -1.36. The molecule has 1 aromatic carbocycles. The van der Waals surface area contributed by atoms with E-state index in [0.29, 0.717) is 31.6 Å². The van der Waals surface area contributed by atoms with Gasteiger partial charge in [-0.25, -0.2) is 0 Å². The van der Waals surface area contributed by atoms with E-state index in [2.05, 4.69) is 0 Å². The van der Waals surface area contributed by atoms with Crippen molar-refractivity contribution in [3.05, 3.63) is 35.4 Å². The third-order valence-corrected chi connectivity index (χ3v) is 3.42. The van der Waals surface area contributed by atoms with Crippen LogP contribution in [0.2, 0.25) is 0 Å². The van der Waals surface area contributed by atoms with Crippen molar-refractivity contribution in [2.45, 2.75) is 26.1 Å². The van der Waals surface area contributed by atoms with Crippen LogP contribution >= 0.6 is 0 Å². The maximum absolute atomic E-state index is 12.6. The summed E-state index contributed by atoms with van der Waals surface area (Å²) < 4.78 is 37.8. The zero-order chi connectivity index (χ0) is 14.0. The summed E-state index contributed by atoms with van der Waals surface area (Å²) in [6, 6.07) is 5.37. The third-order valence-electron chi connectivity index (χ3n) is 3.42. The van der Waals surface area contributed by atoms with Gasteiger partial charge in [0.2, 0.25) is 0 Å². The lowest BCUT2D eigenvalue weighted by Crippen LogP contribution is -2.39. The van der Waals surface area contributed by atoms with E-state index in [1.807, 2.05) is 11.8 Å². The number of benzene rings is 1. The average molecular weight is 271 g/mol. The Kier molecular flexibility index (Phi) is 3.94. The molecule has 0 radical (unpaired) electrons. The van der Waals surface area contributed by atoms with Crippen molar-refractivity contribution in [2.24, 2.45) is 5.92 Å². The van der Waals surface area contributed by atoms with Gasteiger partial charge >= 0.3 is 6.18 Å². The second-order valence-corrected chi connectivity index (χ2v) is 5.05. The van der Waals surface area contributed by atoms with Crippen LogP contribution < -0.4 is 0 Å². The monoisotopic (exact) mass is 271 g/mol. The molecule has 104 valence electrons.